The Bertz CT molecular complexity index is 1070. The molecule has 1 fully saturated rings. The number of carboxylic acids is 1. The summed E-state index contributed by atoms with van der Waals surface area (Å²) < 4.78 is 1.50. The second-order valence-corrected chi connectivity index (χ2v) is 9.72. The van der Waals surface area contributed by atoms with Gasteiger partial charge in [0, 0.05) is 23.1 Å². The summed E-state index contributed by atoms with van der Waals surface area (Å²) in [4.78, 5) is 37.8. The molecule has 1 aliphatic rings. The van der Waals surface area contributed by atoms with Crippen molar-refractivity contribution in [2.75, 3.05) is 11.9 Å². The van der Waals surface area contributed by atoms with Gasteiger partial charge in [-0.1, -0.05) is 58.5 Å². The molecule has 2 aromatic carbocycles. The molecule has 6 nitrogen and oxygen atoms in total. The van der Waals surface area contributed by atoms with Crippen molar-refractivity contribution in [1.29, 1.82) is 0 Å². The Labute approximate surface area is 204 Å². The molecule has 0 aliphatic carbocycles. The van der Waals surface area contributed by atoms with Crippen LogP contribution in [-0.4, -0.2) is 38.7 Å². The van der Waals surface area contributed by atoms with Crippen molar-refractivity contribution >= 4 is 73.8 Å². The first-order valence-electron chi connectivity index (χ1n) is 9.97. The maximum atomic E-state index is 12.7. The summed E-state index contributed by atoms with van der Waals surface area (Å²) in [6, 6.07) is 13.8. The smallest absolute Gasteiger partial charge is 0.335 e. The summed E-state index contributed by atoms with van der Waals surface area (Å²) in [5.41, 5.74) is 1.67. The van der Waals surface area contributed by atoms with Gasteiger partial charge in [0.25, 0.3) is 5.91 Å². The normalized spacial score (nSPS) is 14.8. The number of unbranched alkanes of at least 4 members (excludes halogenated alkanes) is 2. The van der Waals surface area contributed by atoms with Crippen molar-refractivity contribution in [3.8, 4) is 0 Å². The lowest BCUT2D eigenvalue weighted by molar-refractivity contribution is -0.122. The molecule has 3 rings (SSSR count). The van der Waals surface area contributed by atoms with Gasteiger partial charge in [0.05, 0.1) is 10.5 Å². The van der Waals surface area contributed by atoms with Crippen molar-refractivity contribution in [1.82, 2.24) is 4.90 Å². The number of carboxylic acid groups (broad SMARTS) is 1. The van der Waals surface area contributed by atoms with E-state index in [1.165, 1.54) is 23.9 Å². The van der Waals surface area contributed by atoms with Crippen LogP contribution >= 0.6 is 39.9 Å². The number of rotatable bonds is 9. The van der Waals surface area contributed by atoms with Crippen molar-refractivity contribution < 1.29 is 19.5 Å². The highest BCUT2D eigenvalue weighted by atomic mass is 79.9. The third kappa shape index (κ3) is 6.75. The zero-order chi connectivity index (χ0) is 23.1. The Morgan fingerprint density at radius 2 is 1.88 bits per heavy atom. The van der Waals surface area contributed by atoms with E-state index in [2.05, 4.69) is 21.2 Å². The summed E-state index contributed by atoms with van der Waals surface area (Å²) in [6.07, 6.45) is 4.41. The summed E-state index contributed by atoms with van der Waals surface area (Å²) in [6.45, 7) is 0.527. The summed E-state index contributed by atoms with van der Waals surface area (Å²) in [5.74, 6) is -1.22. The molecule has 0 bridgehead atoms. The van der Waals surface area contributed by atoms with E-state index in [1.54, 1.807) is 17.0 Å². The van der Waals surface area contributed by atoms with Crippen LogP contribution in [0.5, 0.6) is 0 Å². The van der Waals surface area contributed by atoms with Crippen LogP contribution in [0.25, 0.3) is 6.08 Å². The van der Waals surface area contributed by atoms with E-state index < -0.39 is 5.97 Å². The lowest BCUT2D eigenvalue weighted by Gasteiger charge is -2.14. The van der Waals surface area contributed by atoms with Crippen molar-refractivity contribution in [2.24, 2.45) is 0 Å². The number of carbonyl (C=O) groups is 3. The number of aromatic carboxylic acids is 1. The van der Waals surface area contributed by atoms with E-state index >= 15 is 0 Å². The fourth-order valence-electron chi connectivity index (χ4n) is 3.09. The number of hydrogen-bond donors (Lipinski definition) is 2. The predicted octanol–water partition coefficient (Wildman–Crippen LogP) is 5.55. The van der Waals surface area contributed by atoms with Gasteiger partial charge in [-0.05, 0) is 60.9 Å². The maximum Gasteiger partial charge on any atom is 0.335 e. The molecule has 1 heterocycles. The highest BCUT2D eigenvalue weighted by Gasteiger charge is 2.31. The van der Waals surface area contributed by atoms with E-state index in [4.69, 9.17) is 17.3 Å². The van der Waals surface area contributed by atoms with Crippen LogP contribution in [0.1, 0.15) is 41.6 Å². The van der Waals surface area contributed by atoms with E-state index in [0.717, 1.165) is 22.9 Å². The highest BCUT2D eigenvalue weighted by molar-refractivity contribution is 9.10. The molecule has 9 heteroatoms. The van der Waals surface area contributed by atoms with Crippen LogP contribution in [0.15, 0.2) is 57.9 Å². The molecule has 32 heavy (non-hydrogen) atoms. The molecule has 0 aromatic heterocycles. The summed E-state index contributed by atoms with van der Waals surface area (Å²) >= 11 is 10.1. The Morgan fingerprint density at radius 1 is 1.12 bits per heavy atom. The predicted molar refractivity (Wildman–Crippen MR) is 135 cm³/mol. The molecule has 0 atom stereocenters. The van der Waals surface area contributed by atoms with Gasteiger partial charge in [-0.15, -0.1) is 0 Å². The Kier molecular flexibility index (Phi) is 8.60. The van der Waals surface area contributed by atoms with E-state index in [9.17, 15) is 14.4 Å². The molecule has 1 aliphatic heterocycles. The molecule has 0 radical (unpaired) electrons. The second-order valence-electron chi connectivity index (χ2n) is 7.13. The SMILES string of the molecule is O=C(CCCCCN1C(=O)/C(=C/c2cccc(Br)c2)SC1=S)Nc1ccc(C(=O)O)cc1. The fraction of sp³-hybridized carbons (Fsp3) is 0.217. The molecule has 0 spiro atoms. The topological polar surface area (TPSA) is 86.7 Å². The molecule has 0 unspecified atom stereocenters. The number of nitrogens with one attached hydrogen (secondary N) is 1. The van der Waals surface area contributed by atoms with E-state index in [-0.39, 0.29) is 17.4 Å². The van der Waals surface area contributed by atoms with Gasteiger partial charge >= 0.3 is 5.97 Å². The average molecular weight is 533 g/mol. The number of benzene rings is 2. The van der Waals surface area contributed by atoms with Gasteiger partial charge in [-0.25, -0.2) is 4.79 Å². The fourth-order valence-corrected chi connectivity index (χ4v) is 4.82. The van der Waals surface area contributed by atoms with Gasteiger partial charge in [-0.2, -0.15) is 0 Å². The van der Waals surface area contributed by atoms with Gasteiger partial charge in [-0.3, -0.25) is 14.5 Å². The average Bonchev–Trinajstić information content (AvgIpc) is 3.01. The molecule has 2 amide bonds. The number of anilines is 1. The third-order valence-corrected chi connectivity index (χ3v) is 6.59. The van der Waals surface area contributed by atoms with Crippen LogP contribution in [0.2, 0.25) is 0 Å². The minimum Gasteiger partial charge on any atom is -0.478 e. The Balaban J connectivity index is 1.40. The molecule has 1 saturated heterocycles. The van der Waals surface area contributed by atoms with E-state index in [1.807, 2.05) is 30.3 Å². The number of thiocarbonyl (C=S) groups is 1. The minimum atomic E-state index is -1.01. The van der Waals surface area contributed by atoms with Gasteiger partial charge < -0.3 is 10.4 Å². The minimum absolute atomic E-state index is 0.0810. The molecule has 166 valence electrons. The highest BCUT2D eigenvalue weighted by Crippen LogP contribution is 2.33. The number of halogens is 1. The first kappa shape index (κ1) is 24.2. The zero-order valence-electron chi connectivity index (χ0n) is 17.0. The third-order valence-electron chi connectivity index (χ3n) is 4.72. The van der Waals surface area contributed by atoms with Crippen LogP contribution < -0.4 is 5.32 Å². The molecule has 2 aromatic rings. The first-order valence-corrected chi connectivity index (χ1v) is 12.0. The Hall–Kier alpha value is -2.49. The molecule has 2 N–H and O–H groups in total. The van der Waals surface area contributed by atoms with Crippen LogP contribution in [0.4, 0.5) is 5.69 Å². The monoisotopic (exact) mass is 532 g/mol. The van der Waals surface area contributed by atoms with Gasteiger partial charge in [0.1, 0.15) is 4.32 Å². The zero-order valence-corrected chi connectivity index (χ0v) is 20.3. The van der Waals surface area contributed by atoms with Gasteiger partial charge in [0.15, 0.2) is 0 Å². The van der Waals surface area contributed by atoms with Crippen molar-refractivity contribution in [3.05, 3.63) is 69.0 Å². The maximum absolute atomic E-state index is 12.7. The number of hydrogen-bond acceptors (Lipinski definition) is 5. The molecular weight excluding hydrogens is 512 g/mol. The van der Waals surface area contributed by atoms with Crippen LogP contribution in [0.3, 0.4) is 0 Å². The van der Waals surface area contributed by atoms with Crippen LogP contribution in [0, 0.1) is 0 Å². The second kappa shape index (κ2) is 11.4. The van der Waals surface area contributed by atoms with Crippen molar-refractivity contribution in [2.45, 2.75) is 25.7 Å². The van der Waals surface area contributed by atoms with Crippen LogP contribution in [-0.2, 0) is 9.59 Å². The number of amides is 2. The molecular formula is C23H21BrN2O4S2. The number of thioether (sulfide) groups is 1. The lowest BCUT2D eigenvalue weighted by atomic mass is 10.1. The molecule has 0 saturated carbocycles. The van der Waals surface area contributed by atoms with Crippen molar-refractivity contribution in [3.63, 3.8) is 0 Å². The largest absolute Gasteiger partial charge is 0.478 e. The standard InChI is InChI=1S/C23H21BrN2O4S2/c24-17-6-4-5-15(13-17)14-19-21(28)26(23(31)32-19)12-3-1-2-7-20(27)25-18-10-8-16(9-11-18)22(29)30/h4-6,8-11,13-14H,1-3,7,12H2,(H,25,27)(H,29,30)/b19-14-. The Morgan fingerprint density at radius 3 is 2.56 bits per heavy atom. The van der Waals surface area contributed by atoms with Gasteiger partial charge in [0.2, 0.25) is 5.91 Å². The summed E-state index contributed by atoms with van der Waals surface area (Å²) in [7, 11) is 0. The first-order chi connectivity index (χ1) is 15.3. The summed E-state index contributed by atoms with van der Waals surface area (Å²) in [5, 5.41) is 11.7. The number of carbonyl (C=O) groups excluding carboxylic acids is 2. The quantitative estimate of drug-likeness (QED) is 0.250. The van der Waals surface area contributed by atoms with E-state index in [0.29, 0.717) is 34.3 Å². The lowest BCUT2D eigenvalue weighted by Crippen LogP contribution is -2.29. The number of nitrogens with zero attached hydrogens (tertiary/aromatic N) is 1.